The first-order chi connectivity index (χ1) is 6.18. The van der Waals surface area contributed by atoms with E-state index in [9.17, 15) is 4.79 Å². The molecule has 0 aromatic carbocycles. The summed E-state index contributed by atoms with van der Waals surface area (Å²) in [6.07, 6.45) is 2.47. The van der Waals surface area contributed by atoms with Gasteiger partial charge in [-0.25, -0.2) is 0 Å². The van der Waals surface area contributed by atoms with Gasteiger partial charge in [0.1, 0.15) is 0 Å². The summed E-state index contributed by atoms with van der Waals surface area (Å²) >= 11 is 1.91. The predicted octanol–water partition coefficient (Wildman–Crippen LogP) is 0.735. The van der Waals surface area contributed by atoms with Gasteiger partial charge in [0.2, 0.25) is 5.91 Å². The molecular formula is C9H18N2OS. The Bertz CT molecular complexity index is 167. The molecule has 13 heavy (non-hydrogen) atoms. The number of rotatable bonds is 4. The van der Waals surface area contributed by atoms with Gasteiger partial charge in [0, 0.05) is 24.3 Å². The lowest BCUT2D eigenvalue weighted by Gasteiger charge is -2.11. The number of carbonyl (C=O) groups excluding carboxylic acids is 1. The van der Waals surface area contributed by atoms with Crippen molar-refractivity contribution < 1.29 is 4.79 Å². The van der Waals surface area contributed by atoms with Crippen LogP contribution in [0, 0.1) is 0 Å². The molecule has 0 aromatic rings. The van der Waals surface area contributed by atoms with Crippen LogP contribution < -0.4 is 11.1 Å². The van der Waals surface area contributed by atoms with Gasteiger partial charge in [0.05, 0.1) is 0 Å². The van der Waals surface area contributed by atoms with Gasteiger partial charge in [-0.1, -0.05) is 0 Å². The van der Waals surface area contributed by atoms with Crippen LogP contribution in [0.4, 0.5) is 0 Å². The smallest absolute Gasteiger partial charge is 0.220 e. The zero-order valence-electron chi connectivity index (χ0n) is 8.08. The molecule has 1 heterocycles. The number of thioether (sulfide) groups is 1. The molecule has 0 radical (unpaired) electrons. The van der Waals surface area contributed by atoms with Crippen molar-refractivity contribution in [2.45, 2.75) is 38.3 Å². The summed E-state index contributed by atoms with van der Waals surface area (Å²) in [4.78, 5) is 11.3. The molecule has 1 aliphatic rings. The Morgan fingerprint density at radius 1 is 1.77 bits per heavy atom. The molecule has 2 atom stereocenters. The second-order valence-corrected chi connectivity index (χ2v) is 4.79. The zero-order chi connectivity index (χ0) is 9.68. The minimum Gasteiger partial charge on any atom is -0.353 e. The minimum absolute atomic E-state index is 0.128. The van der Waals surface area contributed by atoms with Crippen molar-refractivity contribution in [2.75, 3.05) is 11.5 Å². The first-order valence-corrected chi connectivity index (χ1v) is 5.96. The fraction of sp³-hybridized carbons (Fsp3) is 0.889. The lowest BCUT2D eigenvalue weighted by Crippen LogP contribution is -2.35. The number of nitrogens with two attached hydrogens (primary N) is 1. The van der Waals surface area contributed by atoms with Crippen molar-refractivity contribution in [1.82, 2.24) is 5.32 Å². The number of nitrogens with one attached hydrogen (secondary N) is 1. The van der Waals surface area contributed by atoms with Crippen LogP contribution in [-0.4, -0.2) is 29.5 Å². The Morgan fingerprint density at radius 3 is 3.08 bits per heavy atom. The van der Waals surface area contributed by atoms with Gasteiger partial charge in [-0.2, -0.15) is 11.8 Å². The van der Waals surface area contributed by atoms with Crippen LogP contribution in [0.15, 0.2) is 0 Å². The average molecular weight is 202 g/mol. The number of amides is 1. The summed E-state index contributed by atoms with van der Waals surface area (Å²) in [5.41, 5.74) is 5.56. The molecule has 0 bridgehead atoms. The van der Waals surface area contributed by atoms with E-state index in [1.807, 2.05) is 18.7 Å². The van der Waals surface area contributed by atoms with Crippen molar-refractivity contribution >= 4 is 17.7 Å². The van der Waals surface area contributed by atoms with Crippen LogP contribution >= 0.6 is 11.8 Å². The summed E-state index contributed by atoms with van der Waals surface area (Å²) in [7, 11) is 0. The third kappa shape index (κ3) is 4.52. The minimum atomic E-state index is 0.128. The first kappa shape index (κ1) is 10.9. The van der Waals surface area contributed by atoms with Gasteiger partial charge in [0.25, 0.3) is 0 Å². The van der Waals surface area contributed by atoms with Crippen LogP contribution in [0.5, 0.6) is 0 Å². The highest BCUT2D eigenvalue weighted by Crippen LogP contribution is 2.17. The summed E-state index contributed by atoms with van der Waals surface area (Å²) in [5, 5.41) is 3.02. The highest BCUT2D eigenvalue weighted by atomic mass is 32.2. The maximum Gasteiger partial charge on any atom is 0.220 e. The highest BCUT2D eigenvalue weighted by Gasteiger charge is 2.17. The lowest BCUT2D eigenvalue weighted by molar-refractivity contribution is -0.121. The van der Waals surface area contributed by atoms with Gasteiger partial charge >= 0.3 is 0 Å². The molecule has 3 nitrogen and oxygen atoms in total. The monoisotopic (exact) mass is 202 g/mol. The first-order valence-electron chi connectivity index (χ1n) is 4.81. The third-order valence-corrected chi connectivity index (χ3v) is 3.28. The van der Waals surface area contributed by atoms with E-state index in [-0.39, 0.29) is 11.9 Å². The topological polar surface area (TPSA) is 55.1 Å². The largest absolute Gasteiger partial charge is 0.353 e. The van der Waals surface area contributed by atoms with Crippen LogP contribution in [-0.2, 0) is 4.79 Å². The molecule has 1 rings (SSSR count). The fourth-order valence-electron chi connectivity index (χ4n) is 1.31. The van der Waals surface area contributed by atoms with E-state index in [1.165, 1.54) is 5.75 Å². The summed E-state index contributed by atoms with van der Waals surface area (Å²) in [5.74, 6) is 2.41. The fourth-order valence-corrected chi connectivity index (χ4v) is 2.46. The Morgan fingerprint density at radius 2 is 2.54 bits per heavy atom. The summed E-state index contributed by atoms with van der Waals surface area (Å²) in [6.45, 7) is 1.93. The van der Waals surface area contributed by atoms with Gasteiger partial charge in [0.15, 0.2) is 0 Å². The van der Waals surface area contributed by atoms with E-state index in [2.05, 4.69) is 5.32 Å². The SMILES string of the molecule is CC(N)CCC(=O)NC1CCSC1. The van der Waals surface area contributed by atoms with Gasteiger partial charge < -0.3 is 11.1 Å². The van der Waals surface area contributed by atoms with Crippen LogP contribution in [0.1, 0.15) is 26.2 Å². The Kier molecular flexibility index (Phi) is 4.59. The van der Waals surface area contributed by atoms with E-state index in [4.69, 9.17) is 5.73 Å². The van der Waals surface area contributed by atoms with Crippen molar-refractivity contribution in [3.05, 3.63) is 0 Å². The molecule has 1 fully saturated rings. The van der Waals surface area contributed by atoms with E-state index in [0.29, 0.717) is 12.5 Å². The van der Waals surface area contributed by atoms with Crippen molar-refractivity contribution in [3.63, 3.8) is 0 Å². The molecular weight excluding hydrogens is 184 g/mol. The van der Waals surface area contributed by atoms with Crippen LogP contribution in [0.25, 0.3) is 0 Å². The quantitative estimate of drug-likeness (QED) is 0.707. The van der Waals surface area contributed by atoms with Crippen LogP contribution in [0.3, 0.4) is 0 Å². The van der Waals surface area contributed by atoms with Gasteiger partial charge in [-0.3, -0.25) is 4.79 Å². The van der Waals surface area contributed by atoms with Crippen molar-refractivity contribution in [1.29, 1.82) is 0 Å². The van der Waals surface area contributed by atoms with E-state index >= 15 is 0 Å². The zero-order valence-corrected chi connectivity index (χ0v) is 8.90. The molecule has 1 amide bonds. The normalized spacial score (nSPS) is 24.3. The molecule has 76 valence electrons. The second-order valence-electron chi connectivity index (χ2n) is 3.64. The molecule has 0 aliphatic carbocycles. The Balaban J connectivity index is 2.09. The molecule has 3 N–H and O–H groups in total. The lowest BCUT2D eigenvalue weighted by atomic mass is 10.2. The Labute approximate surface area is 83.8 Å². The Hall–Kier alpha value is -0.220. The van der Waals surface area contributed by atoms with E-state index in [1.54, 1.807) is 0 Å². The molecule has 0 spiro atoms. The second kappa shape index (κ2) is 5.50. The number of hydrogen-bond donors (Lipinski definition) is 2. The number of carbonyl (C=O) groups is 1. The van der Waals surface area contributed by atoms with E-state index in [0.717, 1.165) is 18.6 Å². The van der Waals surface area contributed by atoms with Crippen molar-refractivity contribution in [2.24, 2.45) is 5.73 Å². The standard InChI is InChI=1S/C9H18N2OS/c1-7(10)2-3-9(12)11-8-4-5-13-6-8/h7-8H,2-6,10H2,1H3,(H,11,12). The molecule has 1 saturated heterocycles. The maximum atomic E-state index is 11.3. The molecule has 4 heteroatoms. The predicted molar refractivity (Wildman–Crippen MR) is 56.8 cm³/mol. The number of hydrogen-bond acceptors (Lipinski definition) is 3. The van der Waals surface area contributed by atoms with Gasteiger partial charge in [-0.05, 0) is 25.5 Å². The highest BCUT2D eigenvalue weighted by molar-refractivity contribution is 7.99. The summed E-state index contributed by atoms with van der Waals surface area (Å²) in [6, 6.07) is 0.536. The third-order valence-electron chi connectivity index (χ3n) is 2.12. The molecule has 0 saturated carbocycles. The van der Waals surface area contributed by atoms with Gasteiger partial charge in [-0.15, -0.1) is 0 Å². The molecule has 0 aromatic heterocycles. The average Bonchev–Trinajstić information content (AvgIpc) is 2.53. The maximum absolute atomic E-state index is 11.3. The van der Waals surface area contributed by atoms with E-state index < -0.39 is 0 Å². The van der Waals surface area contributed by atoms with Crippen molar-refractivity contribution in [3.8, 4) is 0 Å². The summed E-state index contributed by atoms with van der Waals surface area (Å²) < 4.78 is 0. The molecule has 2 unspecified atom stereocenters. The van der Waals surface area contributed by atoms with Crippen LogP contribution in [0.2, 0.25) is 0 Å². The molecule has 1 aliphatic heterocycles.